The second-order valence-electron chi connectivity index (χ2n) is 4.29. The molecule has 1 amide bonds. The van der Waals surface area contributed by atoms with Crippen molar-refractivity contribution in [2.45, 2.75) is 25.5 Å². The van der Waals surface area contributed by atoms with Crippen molar-refractivity contribution in [3.05, 3.63) is 21.4 Å². The average Bonchev–Trinajstić information content (AvgIpc) is 2.83. The van der Waals surface area contributed by atoms with Gasteiger partial charge in [-0.15, -0.1) is 11.3 Å². The quantitative estimate of drug-likeness (QED) is 0.755. The third-order valence-corrected chi connectivity index (χ3v) is 5.86. The Morgan fingerprint density at radius 2 is 2.39 bits per heavy atom. The Kier molecular flexibility index (Phi) is 5.57. The maximum absolute atomic E-state index is 12.4. The predicted molar refractivity (Wildman–Crippen MR) is 84.2 cm³/mol. The summed E-state index contributed by atoms with van der Waals surface area (Å²) in [5.74, 6) is 2.48. The Morgan fingerprint density at radius 3 is 3.06 bits per heavy atom. The first-order chi connectivity index (χ1) is 8.76. The third kappa shape index (κ3) is 3.31. The van der Waals surface area contributed by atoms with Crippen molar-refractivity contribution in [1.29, 1.82) is 0 Å². The highest BCUT2D eigenvalue weighted by Crippen LogP contribution is 2.32. The van der Waals surface area contributed by atoms with Crippen molar-refractivity contribution < 1.29 is 4.79 Å². The zero-order chi connectivity index (χ0) is 13.0. The monoisotopic (exact) mass is 347 g/mol. The maximum Gasteiger partial charge on any atom is 0.263 e. The van der Waals surface area contributed by atoms with Crippen molar-refractivity contribution in [1.82, 2.24) is 4.90 Å². The van der Waals surface area contributed by atoms with Crippen LogP contribution in [0.3, 0.4) is 0 Å². The summed E-state index contributed by atoms with van der Waals surface area (Å²) in [4.78, 5) is 16.7. The SMILES string of the molecule is CCN(CCCBr)C(=O)c1cc2c(s1)CCSC2. The number of aryl methyl sites for hydroxylation is 1. The number of rotatable bonds is 5. The molecule has 2 nitrogen and oxygen atoms in total. The second kappa shape index (κ2) is 6.96. The van der Waals surface area contributed by atoms with Crippen LogP contribution in [0.2, 0.25) is 0 Å². The average molecular weight is 348 g/mol. The normalized spacial score (nSPS) is 14.3. The highest BCUT2D eigenvalue weighted by molar-refractivity contribution is 9.09. The van der Waals surface area contributed by atoms with Crippen LogP contribution in [0.15, 0.2) is 6.07 Å². The van der Waals surface area contributed by atoms with Gasteiger partial charge >= 0.3 is 0 Å². The summed E-state index contributed by atoms with van der Waals surface area (Å²) in [7, 11) is 0. The van der Waals surface area contributed by atoms with Crippen LogP contribution >= 0.6 is 39.0 Å². The molecule has 0 aromatic carbocycles. The van der Waals surface area contributed by atoms with Crippen molar-refractivity contribution in [2.24, 2.45) is 0 Å². The van der Waals surface area contributed by atoms with Crippen LogP contribution in [0.5, 0.6) is 0 Å². The van der Waals surface area contributed by atoms with E-state index in [1.807, 2.05) is 16.7 Å². The number of fused-ring (bicyclic) bond motifs is 1. The smallest absolute Gasteiger partial charge is 0.263 e. The molecule has 18 heavy (non-hydrogen) atoms. The number of alkyl halides is 1. The van der Waals surface area contributed by atoms with Gasteiger partial charge in [0.05, 0.1) is 4.88 Å². The molecule has 1 aromatic rings. The van der Waals surface area contributed by atoms with Crippen LogP contribution in [-0.2, 0) is 12.2 Å². The van der Waals surface area contributed by atoms with Gasteiger partial charge in [0, 0.05) is 29.0 Å². The van der Waals surface area contributed by atoms with E-state index in [0.29, 0.717) is 0 Å². The fraction of sp³-hybridized carbons (Fsp3) is 0.615. The number of halogens is 1. The Labute approximate surface area is 125 Å². The van der Waals surface area contributed by atoms with E-state index in [1.54, 1.807) is 11.3 Å². The molecule has 0 bridgehead atoms. The van der Waals surface area contributed by atoms with Crippen LogP contribution in [-0.4, -0.2) is 35.0 Å². The molecule has 0 unspecified atom stereocenters. The van der Waals surface area contributed by atoms with E-state index in [9.17, 15) is 4.79 Å². The van der Waals surface area contributed by atoms with E-state index < -0.39 is 0 Å². The van der Waals surface area contributed by atoms with Crippen LogP contribution in [0, 0.1) is 0 Å². The Balaban J connectivity index is 2.09. The molecule has 5 heteroatoms. The van der Waals surface area contributed by atoms with Crippen molar-refractivity contribution in [3.8, 4) is 0 Å². The second-order valence-corrected chi connectivity index (χ2v) is 7.32. The minimum absolute atomic E-state index is 0.211. The standard InChI is InChI=1S/C13H18BrNOS2/c1-2-15(6-3-5-14)13(16)12-8-10-9-17-7-4-11(10)18-12/h8H,2-7,9H2,1H3. The molecule has 1 aliphatic heterocycles. The van der Waals surface area contributed by atoms with E-state index in [1.165, 1.54) is 16.2 Å². The van der Waals surface area contributed by atoms with Crippen molar-refractivity contribution in [2.75, 3.05) is 24.2 Å². The molecule has 0 aliphatic carbocycles. The van der Waals surface area contributed by atoms with Crippen molar-refractivity contribution in [3.63, 3.8) is 0 Å². The molecule has 2 rings (SSSR count). The molecule has 1 aliphatic rings. The fourth-order valence-corrected chi connectivity index (χ4v) is 4.65. The Hall–Kier alpha value is -0.000000000000000111. The fourth-order valence-electron chi connectivity index (χ4n) is 2.06. The van der Waals surface area contributed by atoms with Crippen LogP contribution in [0.25, 0.3) is 0 Å². The summed E-state index contributed by atoms with van der Waals surface area (Å²) in [6, 6.07) is 2.12. The third-order valence-electron chi connectivity index (χ3n) is 3.07. The number of carbonyl (C=O) groups excluding carboxylic acids is 1. The number of amides is 1. The summed E-state index contributed by atoms with van der Waals surface area (Å²) >= 11 is 7.09. The number of hydrogen-bond donors (Lipinski definition) is 0. The van der Waals surface area contributed by atoms with Gasteiger partial charge in [0.25, 0.3) is 5.91 Å². The first-order valence-corrected chi connectivity index (χ1v) is 9.40. The summed E-state index contributed by atoms with van der Waals surface area (Å²) < 4.78 is 0. The zero-order valence-electron chi connectivity index (χ0n) is 10.6. The summed E-state index contributed by atoms with van der Waals surface area (Å²) in [6.45, 7) is 3.69. The lowest BCUT2D eigenvalue weighted by Crippen LogP contribution is -2.31. The molecule has 2 heterocycles. The van der Waals surface area contributed by atoms with Crippen LogP contribution < -0.4 is 0 Å². The highest BCUT2D eigenvalue weighted by atomic mass is 79.9. The largest absolute Gasteiger partial charge is 0.338 e. The van der Waals surface area contributed by atoms with Gasteiger partial charge in [-0.1, -0.05) is 15.9 Å². The number of hydrogen-bond acceptors (Lipinski definition) is 3. The lowest BCUT2D eigenvalue weighted by molar-refractivity contribution is 0.0770. The van der Waals surface area contributed by atoms with Gasteiger partial charge in [-0.25, -0.2) is 0 Å². The topological polar surface area (TPSA) is 20.3 Å². The zero-order valence-corrected chi connectivity index (χ0v) is 13.8. The molecule has 0 saturated heterocycles. The molecule has 1 aromatic heterocycles. The van der Waals surface area contributed by atoms with Gasteiger partial charge in [0.15, 0.2) is 0 Å². The van der Waals surface area contributed by atoms with Crippen LogP contribution in [0.1, 0.15) is 33.5 Å². The lowest BCUT2D eigenvalue weighted by atomic mass is 10.2. The summed E-state index contributed by atoms with van der Waals surface area (Å²) in [5, 5.41) is 0.953. The van der Waals surface area contributed by atoms with Crippen LogP contribution in [0.4, 0.5) is 0 Å². The Bertz CT molecular complexity index is 396. The van der Waals surface area contributed by atoms with E-state index in [0.717, 1.165) is 41.9 Å². The molecule has 100 valence electrons. The van der Waals surface area contributed by atoms with Gasteiger partial charge in [-0.3, -0.25) is 4.79 Å². The number of carbonyl (C=O) groups is 1. The highest BCUT2D eigenvalue weighted by Gasteiger charge is 2.20. The number of thiophene rings is 1. The number of nitrogens with zero attached hydrogens (tertiary/aromatic N) is 1. The molecule has 0 spiro atoms. The molecule has 0 N–H and O–H groups in total. The lowest BCUT2D eigenvalue weighted by Gasteiger charge is -2.19. The molecule has 0 saturated carbocycles. The molecule has 0 atom stereocenters. The molecule has 0 fully saturated rings. The van der Waals surface area contributed by atoms with E-state index in [4.69, 9.17) is 0 Å². The summed E-state index contributed by atoms with van der Waals surface area (Å²) in [5.41, 5.74) is 1.39. The van der Waals surface area contributed by atoms with Crippen molar-refractivity contribution >= 4 is 44.9 Å². The van der Waals surface area contributed by atoms with Gasteiger partial charge in [0.1, 0.15) is 0 Å². The number of thioether (sulfide) groups is 1. The predicted octanol–water partition coefficient (Wildman–Crippen LogP) is 3.78. The van der Waals surface area contributed by atoms with Gasteiger partial charge in [-0.05, 0) is 37.1 Å². The van der Waals surface area contributed by atoms with Gasteiger partial charge in [0.2, 0.25) is 0 Å². The van der Waals surface area contributed by atoms with E-state index in [2.05, 4.69) is 28.9 Å². The minimum atomic E-state index is 0.211. The summed E-state index contributed by atoms with van der Waals surface area (Å²) in [6.07, 6.45) is 2.14. The molecule has 0 radical (unpaired) electrons. The van der Waals surface area contributed by atoms with Gasteiger partial charge in [-0.2, -0.15) is 11.8 Å². The minimum Gasteiger partial charge on any atom is -0.338 e. The first kappa shape index (κ1) is 14.4. The first-order valence-electron chi connectivity index (χ1n) is 6.30. The van der Waals surface area contributed by atoms with E-state index >= 15 is 0 Å². The molecular weight excluding hydrogens is 330 g/mol. The van der Waals surface area contributed by atoms with Gasteiger partial charge < -0.3 is 4.90 Å². The van der Waals surface area contributed by atoms with E-state index in [-0.39, 0.29) is 5.91 Å². The maximum atomic E-state index is 12.4. The molecular formula is C13H18BrNOS2. The Morgan fingerprint density at radius 1 is 1.56 bits per heavy atom.